The van der Waals surface area contributed by atoms with Crippen molar-refractivity contribution in [1.82, 2.24) is 4.98 Å². The highest BCUT2D eigenvalue weighted by molar-refractivity contribution is 9.10. The molecule has 2 aromatic carbocycles. The smallest absolute Gasteiger partial charge is 0.332 e. The van der Waals surface area contributed by atoms with Crippen molar-refractivity contribution < 1.29 is 19.7 Å². The Balaban J connectivity index is 1.86. The predicted octanol–water partition coefficient (Wildman–Crippen LogP) is 4.78. The molecule has 0 saturated heterocycles. The van der Waals surface area contributed by atoms with Gasteiger partial charge in [0.05, 0.1) is 10.9 Å². The van der Waals surface area contributed by atoms with Crippen LogP contribution >= 0.6 is 27.5 Å². The van der Waals surface area contributed by atoms with Crippen LogP contribution in [0.25, 0.3) is 0 Å². The number of hydrogen-bond donors (Lipinski definition) is 2. The third-order valence-electron chi connectivity index (χ3n) is 5.75. The standard InChI is InChI=1S/C23H15BrClNO4/c24-15-8-6-14(7-9-15)23-19(13-4-2-1-3-5-13)17(21(27)28)11-22(23,29)20-18(30-23)10-16(25)12-26-20/h1-12,19,29H,(H,27,28). The largest absolute Gasteiger partial charge is 0.478 e. The van der Waals surface area contributed by atoms with Crippen LogP contribution in [0.5, 0.6) is 5.75 Å². The van der Waals surface area contributed by atoms with Crippen LogP contribution in [0.4, 0.5) is 0 Å². The molecule has 0 radical (unpaired) electrons. The van der Waals surface area contributed by atoms with Gasteiger partial charge in [-0.2, -0.15) is 0 Å². The van der Waals surface area contributed by atoms with Gasteiger partial charge in [0, 0.05) is 27.9 Å². The Morgan fingerprint density at radius 2 is 1.83 bits per heavy atom. The van der Waals surface area contributed by atoms with Gasteiger partial charge in [-0.3, -0.25) is 4.98 Å². The fourth-order valence-electron chi connectivity index (χ4n) is 4.58. The molecule has 2 N–H and O–H groups in total. The molecule has 150 valence electrons. The molecule has 30 heavy (non-hydrogen) atoms. The molecule has 1 aliphatic carbocycles. The Morgan fingerprint density at radius 3 is 2.50 bits per heavy atom. The van der Waals surface area contributed by atoms with E-state index in [4.69, 9.17) is 16.3 Å². The molecule has 1 aromatic heterocycles. The molecule has 0 amide bonds. The first-order valence-corrected chi connectivity index (χ1v) is 10.4. The number of halogens is 2. The summed E-state index contributed by atoms with van der Waals surface area (Å²) in [6, 6.07) is 18.1. The van der Waals surface area contributed by atoms with Gasteiger partial charge >= 0.3 is 5.97 Å². The van der Waals surface area contributed by atoms with Crippen LogP contribution in [0.1, 0.15) is 22.7 Å². The Bertz CT molecular complexity index is 1200. The number of nitrogens with zero attached hydrogens (tertiary/aromatic N) is 1. The van der Waals surface area contributed by atoms with E-state index in [0.29, 0.717) is 21.9 Å². The van der Waals surface area contributed by atoms with Gasteiger partial charge in [-0.25, -0.2) is 4.79 Å². The number of pyridine rings is 1. The highest BCUT2D eigenvalue weighted by atomic mass is 79.9. The van der Waals surface area contributed by atoms with Crippen LogP contribution in [-0.4, -0.2) is 21.2 Å². The Morgan fingerprint density at radius 1 is 1.13 bits per heavy atom. The maximum Gasteiger partial charge on any atom is 0.332 e. The molecule has 0 fully saturated rings. The summed E-state index contributed by atoms with van der Waals surface area (Å²) >= 11 is 9.56. The fraction of sp³-hybridized carbons (Fsp3) is 0.130. The number of carboxylic acid groups (broad SMARTS) is 1. The number of carboxylic acids is 1. The topological polar surface area (TPSA) is 79.7 Å². The first-order valence-electron chi connectivity index (χ1n) is 9.21. The Hall–Kier alpha value is -2.67. The van der Waals surface area contributed by atoms with Crippen LogP contribution in [0.2, 0.25) is 5.02 Å². The highest BCUT2D eigenvalue weighted by Gasteiger charge is 2.70. The summed E-state index contributed by atoms with van der Waals surface area (Å²) in [5.41, 5.74) is -1.62. The van der Waals surface area contributed by atoms with Crippen molar-refractivity contribution in [3.8, 4) is 5.75 Å². The SMILES string of the molecule is O=C(O)C1=CC2(O)c3ncc(Cl)cc3OC2(c2ccc(Br)cc2)C1c1ccccc1. The molecule has 5 nitrogen and oxygen atoms in total. The first kappa shape index (κ1) is 19.3. The fourth-order valence-corrected chi connectivity index (χ4v) is 4.99. The van der Waals surface area contributed by atoms with E-state index in [2.05, 4.69) is 20.9 Å². The average Bonchev–Trinajstić information content (AvgIpc) is 3.13. The number of aliphatic hydroxyl groups is 1. The molecule has 7 heteroatoms. The maximum absolute atomic E-state index is 12.3. The van der Waals surface area contributed by atoms with Gasteiger partial charge in [-0.05, 0) is 23.8 Å². The van der Waals surface area contributed by atoms with E-state index < -0.39 is 23.1 Å². The van der Waals surface area contributed by atoms with E-state index >= 15 is 0 Å². The molecule has 2 heterocycles. The maximum atomic E-state index is 12.3. The third kappa shape index (κ3) is 2.51. The van der Waals surface area contributed by atoms with Crippen molar-refractivity contribution in [3.05, 3.63) is 105 Å². The molecule has 0 saturated carbocycles. The van der Waals surface area contributed by atoms with Gasteiger partial charge in [-0.15, -0.1) is 0 Å². The summed E-state index contributed by atoms with van der Waals surface area (Å²) in [4.78, 5) is 16.6. The molecule has 3 atom stereocenters. The second-order valence-electron chi connectivity index (χ2n) is 7.36. The molecule has 3 unspecified atom stereocenters. The number of aliphatic carboxylic acids is 1. The third-order valence-corrected chi connectivity index (χ3v) is 6.49. The van der Waals surface area contributed by atoms with E-state index in [1.165, 1.54) is 12.3 Å². The molecule has 5 rings (SSSR count). The van der Waals surface area contributed by atoms with Crippen LogP contribution in [0.15, 0.2) is 83.0 Å². The lowest BCUT2D eigenvalue weighted by molar-refractivity contribution is -0.133. The van der Waals surface area contributed by atoms with E-state index in [9.17, 15) is 15.0 Å². The predicted molar refractivity (Wildman–Crippen MR) is 114 cm³/mol. The monoisotopic (exact) mass is 483 g/mol. The summed E-state index contributed by atoms with van der Waals surface area (Å²) in [5, 5.41) is 22.4. The molecule has 0 spiro atoms. The molecular formula is C23H15BrClNO4. The van der Waals surface area contributed by atoms with Crippen LogP contribution in [0.3, 0.4) is 0 Å². The second kappa shape index (κ2) is 6.67. The quantitative estimate of drug-likeness (QED) is 0.559. The number of rotatable bonds is 3. The lowest BCUT2D eigenvalue weighted by Gasteiger charge is -2.40. The Kier molecular flexibility index (Phi) is 4.29. The van der Waals surface area contributed by atoms with E-state index in [0.717, 1.165) is 4.47 Å². The minimum Gasteiger partial charge on any atom is -0.478 e. The zero-order chi connectivity index (χ0) is 21.1. The summed E-state index contributed by atoms with van der Waals surface area (Å²) < 4.78 is 7.30. The van der Waals surface area contributed by atoms with Crippen molar-refractivity contribution in [2.45, 2.75) is 17.1 Å². The van der Waals surface area contributed by atoms with Gasteiger partial charge in [0.1, 0.15) is 11.4 Å². The number of aromatic nitrogens is 1. The van der Waals surface area contributed by atoms with Crippen molar-refractivity contribution in [2.24, 2.45) is 0 Å². The molecule has 1 aliphatic heterocycles. The lowest BCUT2D eigenvalue weighted by atomic mass is 9.70. The van der Waals surface area contributed by atoms with Crippen molar-refractivity contribution >= 4 is 33.5 Å². The van der Waals surface area contributed by atoms with Crippen molar-refractivity contribution in [3.63, 3.8) is 0 Å². The minimum atomic E-state index is -1.80. The van der Waals surface area contributed by atoms with Gasteiger partial charge in [0.15, 0.2) is 11.2 Å². The zero-order valence-corrected chi connectivity index (χ0v) is 17.8. The van der Waals surface area contributed by atoms with E-state index in [1.54, 1.807) is 6.07 Å². The molecule has 2 aliphatic rings. The van der Waals surface area contributed by atoms with Crippen LogP contribution < -0.4 is 4.74 Å². The van der Waals surface area contributed by atoms with Gasteiger partial charge in [0.25, 0.3) is 0 Å². The van der Waals surface area contributed by atoms with Crippen molar-refractivity contribution in [2.75, 3.05) is 0 Å². The van der Waals surface area contributed by atoms with Gasteiger partial charge in [0.2, 0.25) is 0 Å². The van der Waals surface area contributed by atoms with E-state index in [1.807, 2.05) is 54.6 Å². The lowest BCUT2D eigenvalue weighted by Crippen LogP contribution is -2.49. The highest BCUT2D eigenvalue weighted by Crippen LogP contribution is 2.65. The average molecular weight is 485 g/mol. The van der Waals surface area contributed by atoms with Crippen LogP contribution in [-0.2, 0) is 16.0 Å². The number of fused-ring (bicyclic) bond motifs is 3. The summed E-state index contributed by atoms with van der Waals surface area (Å²) in [6.45, 7) is 0. The normalized spacial score (nSPS) is 26.5. The van der Waals surface area contributed by atoms with Gasteiger partial charge < -0.3 is 14.9 Å². The van der Waals surface area contributed by atoms with E-state index in [-0.39, 0.29) is 11.3 Å². The molecular weight excluding hydrogens is 470 g/mol. The molecule has 0 bridgehead atoms. The number of benzene rings is 2. The van der Waals surface area contributed by atoms with Gasteiger partial charge in [-0.1, -0.05) is 70.0 Å². The second-order valence-corrected chi connectivity index (χ2v) is 8.71. The van der Waals surface area contributed by atoms with Crippen molar-refractivity contribution in [1.29, 1.82) is 0 Å². The summed E-state index contributed by atoms with van der Waals surface area (Å²) in [5.74, 6) is -1.58. The number of hydrogen-bond acceptors (Lipinski definition) is 4. The zero-order valence-electron chi connectivity index (χ0n) is 15.4. The Labute approximate surface area is 185 Å². The van der Waals surface area contributed by atoms with Crippen LogP contribution in [0, 0.1) is 0 Å². The summed E-state index contributed by atoms with van der Waals surface area (Å²) in [6.07, 6.45) is 2.78. The minimum absolute atomic E-state index is 0.0500. The summed E-state index contributed by atoms with van der Waals surface area (Å²) in [7, 11) is 0. The number of ether oxygens (including phenoxy) is 1. The molecule has 3 aromatic rings. The first-order chi connectivity index (χ1) is 14.4. The number of carbonyl (C=O) groups is 1.